The lowest BCUT2D eigenvalue weighted by atomic mass is 10.1. The van der Waals surface area contributed by atoms with Crippen molar-refractivity contribution in [3.05, 3.63) is 0 Å². The van der Waals surface area contributed by atoms with Crippen LogP contribution in [0.5, 0.6) is 0 Å². The quantitative estimate of drug-likeness (QED) is 0.691. The van der Waals surface area contributed by atoms with Gasteiger partial charge < -0.3 is 9.47 Å². The lowest BCUT2D eigenvalue weighted by molar-refractivity contribution is -0.150. The van der Waals surface area contributed by atoms with Gasteiger partial charge in [0.1, 0.15) is 6.04 Å². The molecule has 4 nitrogen and oxygen atoms in total. The van der Waals surface area contributed by atoms with E-state index in [2.05, 4.69) is 18.7 Å². The van der Waals surface area contributed by atoms with Crippen LogP contribution in [0, 0.1) is 0 Å². The van der Waals surface area contributed by atoms with Crippen LogP contribution in [-0.2, 0) is 14.3 Å². The first-order valence-electron chi connectivity index (χ1n) is 6.71. The minimum Gasteiger partial charge on any atom is -0.465 e. The molecule has 0 aromatic carbocycles. The number of carbonyl (C=O) groups is 1. The molecule has 1 aliphatic heterocycles. The van der Waals surface area contributed by atoms with Gasteiger partial charge >= 0.3 is 5.97 Å². The highest BCUT2D eigenvalue weighted by molar-refractivity contribution is 5.75. The van der Waals surface area contributed by atoms with E-state index in [4.69, 9.17) is 9.47 Å². The van der Waals surface area contributed by atoms with Crippen molar-refractivity contribution in [3.8, 4) is 0 Å². The molecule has 0 spiro atoms. The number of nitrogens with zero attached hydrogens (tertiary/aromatic N) is 1. The fourth-order valence-electron chi connectivity index (χ4n) is 2.27. The van der Waals surface area contributed by atoms with Crippen LogP contribution in [0.3, 0.4) is 0 Å². The fraction of sp³-hybridized carbons (Fsp3) is 0.923. The predicted molar refractivity (Wildman–Crippen MR) is 66.9 cm³/mol. The van der Waals surface area contributed by atoms with E-state index < -0.39 is 0 Å². The highest BCUT2D eigenvalue weighted by atomic mass is 16.5. The molecule has 0 saturated carbocycles. The Balaban J connectivity index is 2.63. The van der Waals surface area contributed by atoms with Crippen LogP contribution in [0.2, 0.25) is 0 Å². The van der Waals surface area contributed by atoms with E-state index in [0.29, 0.717) is 6.61 Å². The molecule has 0 aromatic heterocycles. The second-order valence-corrected chi connectivity index (χ2v) is 4.59. The van der Waals surface area contributed by atoms with Crippen molar-refractivity contribution >= 4 is 5.97 Å². The van der Waals surface area contributed by atoms with Gasteiger partial charge in [-0.2, -0.15) is 0 Å². The van der Waals surface area contributed by atoms with Gasteiger partial charge in [0, 0.05) is 19.7 Å². The third kappa shape index (κ3) is 4.64. The minimum absolute atomic E-state index is 0.0801. The van der Waals surface area contributed by atoms with Gasteiger partial charge in [-0.05, 0) is 26.7 Å². The Morgan fingerprint density at radius 1 is 1.53 bits per heavy atom. The predicted octanol–water partition coefficient (Wildman–Crippen LogP) is 1.83. The van der Waals surface area contributed by atoms with Crippen LogP contribution < -0.4 is 0 Å². The maximum Gasteiger partial charge on any atom is 0.323 e. The lowest BCUT2D eigenvalue weighted by Gasteiger charge is -2.29. The van der Waals surface area contributed by atoms with E-state index >= 15 is 0 Å². The molecule has 1 saturated heterocycles. The van der Waals surface area contributed by atoms with Crippen molar-refractivity contribution in [1.29, 1.82) is 0 Å². The van der Waals surface area contributed by atoms with Crippen LogP contribution in [0.4, 0.5) is 0 Å². The summed E-state index contributed by atoms with van der Waals surface area (Å²) in [5, 5.41) is 0. The van der Waals surface area contributed by atoms with Gasteiger partial charge in [-0.3, -0.25) is 9.69 Å². The molecular weight excluding hydrogens is 218 g/mol. The molecule has 0 amide bonds. The minimum atomic E-state index is -0.0934. The number of esters is 1. The number of hydrogen-bond acceptors (Lipinski definition) is 4. The van der Waals surface area contributed by atoms with Gasteiger partial charge in [0.05, 0.1) is 12.7 Å². The Kier molecular flexibility index (Phi) is 6.52. The van der Waals surface area contributed by atoms with Crippen LogP contribution in [0.15, 0.2) is 0 Å². The summed E-state index contributed by atoms with van der Waals surface area (Å²) in [6, 6.07) is -0.0934. The normalized spacial score (nSPS) is 24.1. The molecule has 0 radical (unpaired) electrons. The Bertz CT molecular complexity index is 233. The highest BCUT2D eigenvalue weighted by Gasteiger charge is 2.28. The van der Waals surface area contributed by atoms with Gasteiger partial charge in [0.25, 0.3) is 0 Å². The molecule has 1 heterocycles. The van der Waals surface area contributed by atoms with Crippen molar-refractivity contribution in [1.82, 2.24) is 4.90 Å². The smallest absolute Gasteiger partial charge is 0.323 e. The monoisotopic (exact) mass is 243 g/mol. The third-order valence-electron chi connectivity index (χ3n) is 3.05. The number of rotatable bonds is 5. The summed E-state index contributed by atoms with van der Waals surface area (Å²) < 4.78 is 10.8. The Morgan fingerprint density at radius 3 is 2.94 bits per heavy atom. The summed E-state index contributed by atoms with van der Waals surface area (Å²) in [6.07, 6.45) is 3.05. The average Bonchev–Trinajstić information content (AvgIpc) is 2.51. The molecule has 0 bridgehead atoms. The van der Waals surface area contributed by atoms with E-state index in [0.717, 1.165) is 39.0 Å². The van der Waals surface area contributed by atoms with Crippen molar-refractivity contribution in [2.75, 3.05) is 26.3 Å². The van der Waals surface area contributed by atoms with Gasteiger partial charge in [0.2, 0.25) is 0 Å². The zero-order valence-electron chi connectivity index (χ0n) is 11.3. The van der Waals surface area contributed by atoms with Crippen LogP contribution in [0.25, 0.3) is 0 Å². The van der Waals surface area contributed by atoms with E-state index in [1.54, 1.807) is 0 Å². The molecular formula is C13H25NO3. The topological polar surface area (TPSA) is 38.8 Å². The molecule has 1 fully saturated rings. The van der Waals surface area contributed by atoms with Crippen molar-refractivity contribution in [3.63, 3.8) is 0 Å². The molecule has 1 aliphatic rings. The number of hydrogen-bond donors (Lipinski definition) is 0. The van der Waals surface area contributed by atoms with E-state index in [9.17, 15) is 4.79 Å². The summed E-state index contributed by atoms with van der Waals surface area (Å²) in [4.78, 5) is 14.2. The first-order valence-corrected chi connectivity index (χ1v) is 6.71. The number of ether oxygens (including phenoxy) is 2. The van der Waals surface area contributed by atoms with Gasteiger partial charge in [-0.1, -0.05) is 13.3 Å². The molecule has 2 unspecified atom stereocenters. The standard InChI is InChI=1S/C13H25NO3/c1-4-7-12(13(15)16-5-2)14-8-6-9-17-11(3)10-14/h11-12H,4-10H2,1-3H3. The maximum absolute atomic E-state index is 11.9. The Labute approximate surface area is 104 Å². The number of carbonyl (C=O) groups excluding carboxylic acids is 1. The molecule has 1 rings (SSSR count). The Morgan fingerprint density at radius 2 is 2.29 bits per heavy atom. The van der Waals surface area contributed by atoms with Crippen molar-refractivity contribution < 1.29 is 14.3 Å². The van der Waals surface area contributed by atoms with E-state index in [1.807, 2.05) is 6.92 Å². The van der Waals surface area contributed by atoms with Gasteiger partial charge in [0.15, 0.2) is 0 Å². The molecule has 0 aromatic rings. The second-order valence-electron chi connectivity index (χ2n) is 4.59. The average molecular weight is 243 g/mol. The van der Waals surface area contributed by atoms with Crippen LogP contribution >= 0.6 is 0 Å². The van der Waals surface area contributed by atoms with E-state index in [-0.39, 0.29) is 18.1 Å². The molecule has 4 heteroatoms. The summed E-state index contributed by atoms with van der Waals surface area (Å²) in [5.41, 5.74) is 0. The Hall–Kier alpha value is -0.610. The summed E-state index contributed by atoms with van der Waals surface area (Å²) in [6.45, 7) is 9.01. The van der Waals surface area contributed by atoms with Crippen molar-refractivity contribution in [2.24, 2.45) is 0 Å². The first-order chi connectivity index (χ1) is 8.19. The zero-order chi connectivity index (χ0) is 12.7. The maximum atomic E-state index is 11.9. The van der Waals surface area contributed by atoms with Crippen LogP contribution in [0.1, 0.15) is 40.0 Å². The largest absolute Gasteiger partial charge is 0.465 e. The molecule has 100 valence electrons. The molecule has 0 N–H and O–H groups in total. The third-order valence-corrected chi connectivity index (χ3v) is 3.05. The second kappa shape index (κ2) is 7.67. The van der Waals surface area contributed by atoms with Gasteiger partial charge in [-0.15, -0.1) is 0 Å². The SMILES string of the molecule is CCCC(C(=O)OCC)N1CCCOC(C)C1. The summed E-state index contributed by atoms with van der Waals surface area (Å²) >= 11 is 0. The molecule has 0 aliphatic carbocycles. The molecule has 2 atom stereocenters. The lowest BCUT2D eigenvalue weighted by Crippen LogP contribution is -2.44. The van der Waals surface area contributed by atoms with Crippen molar-refractivity contribution in [2.45, 2.75) is 52.2 Å². The van der Waals surface area contributed by atoms with Crippen LogP contribution in [-0.4, -0.2) is 49.3 Å². The molecule has 17 heavy (non-hydrogen) atoms. The van der Waals surface area contributed by atoms with E-state index in [1.165, 1.54) is 0 Å². The summed E-state index contributed by atoms with van der Waals surface area (Å²) in [5.74, 6) is -0.0801. The van der Waals surface area contributed by atoms with Gasteiger partial charge in [-0.25, -0.2) is 0 Å². The highest BCUT2D eigenvalue weighted by Crippen LogP contribution is 2.14. The fourth-order valence-corrected chi connectivity index (χ4v) is 2.27. The zero-order valence-corrected chi connectivity index (χ0v) is 11.3. The first kappa shape index (κ1) is 14.5. The summed E-state index contributed by atoms with van der Waals surface area (Å²) in [7, 11) is 0.